The van der Waals surface area contributed by atoms with Gasteiger partial charge in [0.05, 0.1) is 12.3 Å². The van der Waals surface area contributed by atoms with E-state index in [4.69, 9.17) is 5.11 Å². The third kappa shape index (κ3) is 2.48. The zero-order valence-corrected chi connectivity index (χ0v) is 12.2. The van der Waals surface area contributed by atoms with Crippen molar-refractivity contribution in [3.05, 3.63) is 23.8 Å². The Bertz CT molecular complexity index is 577. The summed E-state index contributed by atoms with van der Waals surface area (Å²) in [5.41, 5.74) is 3.20. The number of rotatable bonds is 3. The van der Waals surface area contributed by atoms with Gasteiger partial charge in [-0.1, -0.05) is 0 Å². The predicted octanol–water partition coefficient (Wildman–Crippen LogP) is 1.90. The first-order valence-electron chi connectivity index (χ1n) is 7.51. The van der Waals surface area contributed by atoms with Gasteiger partial charge in [0.25, 0.3) is 0 Å². The number of carboxylic acid groups (broad SMARTS) is 1. The molecule has 2 heterocycles. The highest BCUT2D eigenvalue weighted by atomic mass is 16.4. The summed E-state index contributed by atoms with van der Waals surface area (Å²) in [6, 6.07) is 6.15. The van der Waals surface area contributed by atoms with Crippen molar-refractivity contribution in [3.63, 3.8) is 0 Å². The summed E-state index contributed by atoms with van der Waals surface area (Å²) in [4.78, 5) is 26.9. The second-order valence-corrected chi connectivity index (χ2v) is 5.73. The zero-order valence-electron chi connectivity index (χ0n) is 12.2. The third-order valence-corrected chi connectivity index (χ3v) is 4.52. The predicted molar refractivity (Wildman–Crippen MR) is 80.7 cm³/mol. The van der Waals surface area contributed by atoms with E-state index >= 15 is 0 Å². The van der Waals surface area contributed by atoms with Crippen molar-refractivity contribution in [2.75, 3.05) is 29.4 Å². The van der Waals surface area contributed by atoms with Crippen molar-refractivity contribution in [2.45, 2.75) is 26.2 Å². The minimum Gasteiger partial charge on any atom is -0.481 e. The van der Waals surface area contributed by atoms with Crippen LogP contribution in [0.15, 0.2) is 18.2 Å². The number of benzene rings is 1. The lowest BCUT2D eigenvalue weighted by Crippen LogP contribution is -2.36. The second-order valence-electron chi connectivity index (χ2n) is 5.73. The number of fused-ring (bicyclic) bond motifs is 1. The molecule has 0 bridgehead atoms. The summed E-state index contributed by atoms with van der Waals surface area (Å²) in [5.74, 6) is -0.741. The molecule has 1 amide bonds. The zero-order chi connectivity index (χ0) is 15.0. The van der Waals surface area contributed by atoms with E-state index in [9.17, 15) is 9.59 Å². The van der Waals surface area contributed by atoms with Crippen LogP contribution in [-0.2, 0) is 16.0 Å². The molecule has 112 valence electrons. The number of hydrogen-bond donors (Lipinski definition) is 1. The largest absolute Gasteiger partial charge is 0.481 e. The van der Waals surface area contributed by atoms with Crippen molar-refractivity contribution in [3.8, 4) is 0 Å². The van der Waals surface area contributed by atoms with Crippen LogP contribution < -0.4 is 9.80 Å². The lowest BCUT2D eigenvalue weighted by atomic mass is 9.96. The number of likely N-dealkylation sites (N-methyl/N-ethyl adjacent to an activating group) is 1. The quantitative estimate of drug-likeness (QED) is 0.922. The fourth-order valence-electron chi connectivity index (χ4n) is 3.30. The van der Waals surface area contributed by atoms with Gasteiger partial charge in [0, 0.05) is 31.0 Å². The highest BCUT2D eigenvalue weighted by Gasteiger charge is 2.28. The fourth-order valence-corrected chi connectivity index (χ4v) is 3.30. The van der Waals surface area contributed by atoms with Gasteiger partial charge in [-0.05, 0) is 43.5 Å². The van der Waals surface area contributed by atoms with Gasteiger partial charge in [0.2, 0.25) is 5.91 Å². The van der Waals surface area contributed by atoms with Crippen LogP contribution >= 0.6 is 0 Å². The first-order chi connectivity index (χ1) is 10.1. The van der Waals surface area contributed by atoms with E-state index in [0.717, 1.165) is 30.0 Å². The van der Waals surface area contributed by atoms with Crippen LogP contribution in [0.25, 0.3) is 0 Å². The summed E-state index contributed by atoms with van der Waals surface area (Å²) >= 11 is 0. The Morgan fingerprint density at radius 2 is 2.05 bits per heavy atom. The van der Waals surface area contributed by atoms with Gasteiger partial charge in [-0.15, -0.1) is 0 Å². The van der Waals surface area contributed by atoms with Gasteiger partial charge >= 0.3 is 5.97 Å². The number of carbonyl (C=O) groups is 2. The Morgan fingerprint density at radius 3 is 2.67 bits per heavy atom. The molecule has 2 aliphatic rings. The monoisotopic (exact) mass is 288 g/mol. The van der Waals surface area contributed by atoms with Gasteiger partial charge in [-0.3, -0.25) is 9.59 Å². The number of amides is 1. The van der Waals surface area contributed by atoms with Crippen molar-refractivity contribution in [1.82, 2.24) is 0 Å². The maximum atomic E-state index is 11.9. The molecule has 5 nitrogen and oxygen atoms in total. The molecule has 2 aliphatic heterocycles. The first kappa shape index (κ1) is 13.9. The molecule has 0 unspecified atom stereocenters. The third-order valence-electron chi connectivity index (χ3n) is 4.52. The van der Waals surface area contributed by atoms with Crippen LogP contribution in [0.1, 0.15) is 25.3 Å². The molecule has 1 saturated heterocycles. The van der Waals surface area contributed by atoms with Gasteiger partial charge in [-0.25, -0.2) is 0 Å². The highest BCUT2D eigenvalue weighted by Crippen LogP contribution is 2.33. The van der Waals surface area contributed by atoms with Crippen LogP contribution in [-0.4, -0.2) is 36.6 Å². The molecule has 5 heteroatoms. The topological polar surface area (TPSA) is 60.9 Å². The molecule has 0 atom stereocenters. The average molecular weight is 288 g/mol. The van der Waals surface area contributed by atoms with E-state index in [1.54, 1.807) is 0 Å². The normalized spacial score (nSPS) is 19.0. The van der Waals surface area contributed by atoms with Gasteiger partial charge in [-0.2, -0.15) is 0 Å². The lowest BCUT2D eigenvalue weighted by molar-refractivity contribution is -0.142. The van der Waals surface area contributed by atoms with E-state index in [0.29, 0.717) is 25.8 Å². The summed E-state index contributed by atoms with van der Waals surface area (Å²) in [7, 11) is 0. The van der Waals surface area contributed by atoms with E-state index in [1.807, 2.05) is 24.0 Å². The minimum atomic E-state index is -0.687. The number of piperidine rings is 1. The SMILES string of the molecule is CCN1C(=O)Cc2cc(N3CCC(C(=O)O)CC3)ccc21. The molecule has 1 aromatic rings. The summed E-state index contributed by atoms with van der Waals surface area (Å²) < 4.78 is 0. The molecule has 0 aromatic heterocycles. The van der Waals surface area contributed by atoms with E-state index < -0.39 is 5.97 Å². The molecular weight excluding hydrogens is 268 g/mol. The Kier molecular flexibility index (Phi) is 3.57. The van der Waals surface area contributed by atoms with Gasteiger partial charge in [0.1, 0.15) is 0 Å². The molecule has 0 aliphatic carbocycles. The number of anilines is 2. The molecule has 21 heavy (non-hydrogen) atoms. The summed E-state index contributed by atoms with van der Waals surface area (Å²) in [6.45, 7) is 4.22. The van der Waals surface area contributed by atoms with Crippen molar-refractivity contribution in [1.29, 1.82) is 0 Å². The van der Waals surface area contributed by atoms with E-state index in [-0.39, 0.29) is 11.8 Å². The van der Waals surface area contributed by atoms with Gasteiger partial charge in [0.15, 0.2) is 0 Å². The smallest absolute Gasteiger partial charge is 0.306 e. The number of nitrogens with zero attached hydrogens (tertiary/aromatic N) is 2. The molecule has 1 fully saturated rings. The van der Waals surface area contributed by atoms with E-state index in [1.165, 1.54) is 0 Å². The van der Waals surface area contributed by atoms with E-state index in [2.05, 4.69) is 11.0 Å². The van der Waals surface area contributed by atoms with Crippen molar-refractivity contribution < 1.29 is 14.7 Å². The molecule has 1 aromatic carbocycles. The van der Waals surface area contributed by atoms with Crippen LogP contribution in [0.2, 0.25) is 0 Å². The van der Waals surface area contributed by atoms with Crippen LogP contribution in [0.4, 0.5) is 11.4 Å². The van der Waals surface area contributed by atoms with Crippen molar-refractivity contribution >= 4 is 23.3 Å². The van der Waals surface area contributed by atoms with Gasteiger partial charge < -0.3 is 14.9 Å². The summed E-state index contributed by atoms with van der Waals surface area (Å²) in [5, 5.41) is 9.05. The highest BCUT2D eigenvalue weighted by molar-refractivity contribution is 6.01. The fraction of sp³-hybridized carbons (Fsp3) is 0.500. The number of hydrogen-bond acceptors (Lipinski definition) is 3. The Balaban J connectivity index is 1.76. The molecule has 0 radical (unpaired) electrons. The maximum absolute atomic E-state index is 11.9. The Hall–Kier alpha value is -2.04. The number of carboxylic acids is 1. The molecule has 0 saturated carbocycles. The average Bonchev–Trinajstić information content (AvgIpc) is 2.81. The minimum absolute atomic E-state index is 0.161. The van der Waals surface area contributed by atoms with Crippen LogP contribution in [0.5, 0.6) is 0 Å². The second kappa shape index (κ2) is 5.39. The molecule has 0 spiro atoms. The van der Waals surface area contributed by atoms with Crippen molar-refractivity contribution in [2.24, 2.45) is 5.92 Å². The standard InChI is InChI=1S/C16H20N2O3/c1-2-18-14-4-3-13(9-12(14)10-15(18)19)17-7-5-11(6-8-17)16(20)21/h3-4,9,11H,2,5-8,10H2,1H3,(H,20,21). The Morgan fingerprint density at radius 1 is 1.33 bits per heavy atom. The number of carbonyl (C=O) groups excluding carboxylic acids is 1. The Labute approximate surface area is 124 Å². The van der Waals surface area contributed by atoms with Crippen LogP contribution in [0, 0.1) is 5.92 Å². The van der Waals surface area contributed by atoms with Crippen LogP contribution in [0.3, 0.4) is 0 Å². The number of aliphatic carboxylic acids is 1. The molecule has 1 N–H and O–H groups in total. The molecule has 3 rings (SSSR count). The lowest BCUT2D eigenvalue weighted by Gasteiger charge is -2.32. The maximum Gasteiger partial charge on any atom is 0.306 e. The summed E-state index contributed by atoms with van der Waals surface area (Å²) in [6.07, 6.45) is 1.85. The molecular formula is C16H20N2O3. The first-order valence-corrected chi connectivity index (χ1v) is 7.51.